The molecule has 0 N–H and O–H groups in total. The van der Waals surface area contributed by atoms with Crippen LogP contribution in [0.15, 0.2) is 174 Å². The number of nitrogens with zero attached hydrogens (tertiary/aromatic N) is 2. The maximum atomic E-state index is 6.38. The van der Waals surface area contributed by atoms with Crippen molar-refractivity contribution < 1.29 is 4.42 Å². The van der Waals surface area contributed by atoms with Crippen molar-refractivity contribution in [3.63, 3.8) is 0 Å². The number of hydrogen-bond donors (Lipinski definition) is 0. The van der Waals surface area contributed by atoms with Gasteiger partial charge in [-0.15, -0.1) is 11.3 Å². The molecule has 11 aromatic rings. The Hall–Kier alpha value is -6.49. The second kappa shape index (κ2) is 11.0. The molecule has 4 heteroatoms. The fraction of sp³-hybridized carbons (Fsp3) is 0. The molecule has 0 unspecified atom stereocenters. The van der Waals surface area contributed by atoms with Crippen molar-refractivity contribution in [2.45, 2.75) is 0 Å². The zero-order valence-corrected chi connectivity index (χ0v) is 28.2. The minimum atomic E-state index is 0.910. The highest BCUT2D eigenvalue weighted by atomic mass is 32.1. The molecule has 0 aliphatic carbocycles. The Balaban J connectivity index is 1.06. The summed E-state index contributed by atoms with van der Waals surface area (Å²) in [4.78, 5) is 5.24. The van der Waals surface area contributed by atoms with Crippen molar-refractivity contribution in [3.05, 3.63) is 170 Å². The van der Waals surface area contributed by atoms with Crippen LogP contribution in [-0.4, -0.2) is 9.55 Å². The van der Waals surface area contributed by atoms with Gasteiger partial charge in [0.15, 0.2) is 0 Å². The van der Waals surface area contributed by atoms with E-state index in [0.717, 1.165) is 55.9 Å². The summed E-state index contributed by atoms with van der Waals surface area (Å²) in [7, 11) is 0. The lowest BCUT2D eigenvalue weighted by atomic mass is 9.99. The van der Waals surface area contributed by atoms with E-state index in [-0.39, 0.29) is 0 Å². The van der Waals surface area contributed by atoms with Crippen LogP contribution >= 0.6 is 11.3 Å². The van der Waals surface area contributed by atoms with Crippen LogP contribution in [0.4, 0.5) is 0 Å². The van der Waals surface area contributed by atoms with Gasteiger partial charge in [-0.3, -0.25) is 0 Å². The number of thiophene rings is 1. The zero-order chi connectivity index (χ0) is 33.5. The molecule has 0 saturated heterocycles. The van der Waals surface area contributed by atoms with Gasteiger partial charge in [0.05, 0.1) is 28.1 Å². The van der Waals surface area contributed by atoms with Gasteiger partial charge in [-0.1, -0.05) is 115 Å². The van der Waals surface area contributed by atoms with Gasteiger partial charge in [0.1, 0.15) is 11.2 Å². The molecule has 4 heterocycles. The minimum absolute atomic E-state index is 0.910. The largest absolute Gasteiger partial charge is 0.456 e. The second-order valence-electron chi connectivity index (χ2n) is 13.1. The molecule has 0 aliphatic rings. The van der Waals surface area contributed by atoms with E-state index in [9.17, 15) is 0 Å². The van der Waals surface area contributed by atoms with Crippen LogP contribution in [0.3, 0.4) is 0 Å². The average molecular weight is 669 g/mol. The first-order valence-corrected chi connectivity index (χ1v) is 18.0. The lowest BCUT2D eigenvalue weighted by molar-refractivity contribution is 0.669. The predicted molar refractivity (Wildman–Crippen MR) is 215 cm³/mol. The van der Waals surface area contributed by atoms with Crippen molar-refractivity contribution in [2.24, 2.45) is 0 Å². The molecule has 51 heavy (non-hydrogen) atoms. The first kappa shape index (κ1) is 28.4. The Morgan fingerprint density at radius 2 is 1.00 bits per heavy atom. The van der Waals surface area contributed by atoms with Gasteiger partial charge in [0.25, 0.3) is 0 Å². The lowest BCUT2D eigenvalue weighted by Gasteiger charge is -2.13. The summed E-state index contributed by atoms with van der Waals surface area (Å²) in [6.45, 7) is 0. The van der Waals surface area contributed by atoms with Crippen LogP contribution in [0.5, 0.6) is 0 Å². The highest BCUT2D eigenvalue weighted by Crippen LogP contribution is 2.43. The van der Waals surface area contributed by atoms with Crippen LogP contribution in [-0.2, 0) is 0 Å². The average Bonchev–Trinajstić information content (AvgIpc) is 3.87. The quantitative estimate of drug-likeness (QED) is 0.187. The van der Waals surface area contributed by atoms with E-state index in [2.05, 4.69) is 174 Å². The molecular weight excluding hydrogens is 641 g/mol. The van der Waals surface area contributed by atoms with Gasteiger partial charge >= 0.3 is 0 Å². The van der Waals surface area contributed by atoms with Crippen LogP contribution in [0.25, 0.3) is 103 Å². The maximum absolute atomic E-state index is 6.38. The zero-order valence-electron chi connectivity index (χ0n) is 27.4. The molecule has 238 valence electrons. The summed E-state index contributed by atoms with van der Waals surface area (Å²) in [5.41, 5.74) is 11.6. The number of benzene rings is 7. The van der Waals surface area contributed by atoms with E-state index in [1.165, 1.54) is 47.4 Å². The van der Waals surface area contributed by atoms with Crippen molar-refractivity contribution in [1.82, 2.24) is 9.55 Å². The molecule has 0 amide bonds. The monoisotopic (exact) mass is 668 g/mol. The van der Waals surface area contributed by atoms with E-state index in [4.69, 9.17) is 9.40 Å². The van der Waals surface area contributed by atoms with E-state index in [0.29, 0.717) is 0 Å². The van der Waals surface area contributed by atoms with E-state index in [1.807, 2.05) is 11.3 Å². The highest BCUT2D eigenvalue weighted by molar-refractivity contribution is 7.26. The van der Waals surface area contributed by atoms with Gasteiger partial charge in [-0.25, -0.2) is 4.98 Å². The highest BCUT2D eigenvalue weighted by Gasteiger charge is 2.17. The predicted octanol–water partition coefficient (Wildman–Crippen LogP) is 13.4. The van der Waals surface area contributed by atoms with Gasteiger partial charge in [0, 0.05) is 52.8 Å². The maximum Gasteiger partial charge on any atom is 0.136 e. The third kappa shape index (κ3) is 4.40. The van der Waals surface area contributed by atoms with Gasteiger partial charge in [-0.2, -0.15) is 0 Å². The van der Waals surface area contributed by atoms with Crippen molar-refractivity contribution in [2.75, 3.05) is 0 Å². The summed E-state index contributed by atoms with van der Waals surface area (Å²) >= 11 is 1.84. The van der Waals surface area contributed by atoms with Gasteiger partial charge < -0.3 is 8.98 Å². The Bertz CT molecular complexity index is 3080. The summed E-state index contributed by atoms with van der Waals surface area (Å²) in [5.74, 6) is 0. The molecular formula is C47H28N2OS. The molecule has 0 saturated carbocycles. The van der Waals surface area contributed by atoms with Gasteiger partial charge in [0.2, 0.25) is 0 Å². The molecule has 0 bridgehead atoms. The smallest absolute Gasteiger partial charge is 0.136 e. The summed E-state index contributed by atoms with van der Waals surface area (Å²) in [5, 5.41) is 7.39. The first-order valence-electron chi connectivity index (χ1n) is 17.2. The van der Waals surface area contributed by atoms with Crippen molar-refractivity contribution in [3.8, 4) is 39.3 Å². The fourth-order valence-electron chi connectivity index (χ4n) is 7.85. The number of para-hydroxylation sites is 2. The third-order valence-electron chi connectivity index (χ3n) is 10.2. The van der Waals surface area contributed by atoms with E-state index < -0.39 is 0 Å². The fourth-order valence-corrected chi connectivity index (χ4v) is 8.96. The lowest BCUT2D eigenvalue weighted by Crippen LogP contribution is -1.98. The number of rotatable bonds is 4. The molecule has 7 aromatic carbocycles. The van der Waals surface area contributed by atoms with Crippen LogP contribution in [0.1, 0.15) is 0 Å². The molecule has 0 aliphatic heterocycles. The van der Waals surface area contributed by atoms with Crippen molar-refractivity contribution in [1.29, 1.82) is 0 Å². The molecule has 0 atom stereocenters. The summed E-state index contributed by atoms with van der Waals surface area (Å²) in [6, 6.07) is 60.6. The number of fused-ring (bicyclic) bond motifs is 10. The molecule has 3 nitrogen and oxygen atoms in total. The SMILES string of the molecule is c1ccc(-c2cc(-n3c4ccccc4c4ccccc43)cc(-c3ccc(-c4ccc5oc6ccc7sc8ccccc8c7c6c5c4)cc3)n2)cc1. The summed E-state index contributed by atoms with van der Waals surface area (Å²) < 4.78 is 11.3. The third-order valence-corrected chi connectivity index (χ3v) is 11.3. The molecule has 11 rings (SSSR count). The number of hydrogen-bond acceptors (Lipinski definition) is 3. The summed E-state index contributed by atoms with van der Waals surface area (Å²) in [6.07, 6.45) is 0. The van der Waals surface area contributed by atoms with Crippen LogP contribution in [0.2, 0.25) is 0 Å². The molecule has 4 aromatic heterocycles. The number of pyridine rings is 1. The van der Waals surface area contributed by atoms with Gasteiger partial charge in [-0.05, 0) is 65.7 Å². The first-order chi connectivity index (χ1) is 25.3. The number of aromatic nitrogens is 2. The van der Waals surface area contributed by atoms with E-state index in [1.54, 1.807) is 0 Å². The Morgan fingerprint density at radius 3 is 1.75 bits per heavy atom. The standard InChI is InChI=1S/C47H28N2OS/c1-2-10-30(11-3-1)38-27-33(49-40-15-7-4-12-34(40)35-13-5-8-16-41(35)49)28-39(48-38)31-20-18-29(19-21-31)32-22-23-42-37(26-32)46-43(50-42)24-25-45-47(46)36-14-6-9-17-44(36)51-45/h1-28H. The Kier molecular flexibility index (Phi) is 6.12. The molecule has 0 radical (unpaired) electrons. The normalized spacial score (nSPS) is 11.9. The Morgan fingerprint density at radius 1 is 0.412 bits per heavy atom. The van der Waals surface area contributed by atoms with Crippen LogP contribution in [0, 0.1) is 0 Å². The molecule has 0 fully saturated rings. The second-order valence-corrected chi connectivity index (χ2v) is 14.2. The molecule has 0 spiro atoms. The van der Waals surface area contributed by atoms with Crippen LogP contribution < -0.4 is 0 Å². The Labute approximate surface area is 297 Å². The minimum Gasteiger partial charge on any atom is -0.456 e. The van der Waals surface area contributed by atoms with Crippen molar-refractivity contribution >= 4 is 75.3 Å². The number of furan rings is 1. The van der Waals surface area contributed by atoms with E-state index >= 15 is 0 Å². The topological polar surface area (TPSA) is 31.0 Å².